The molecule has 3 aromatic rings. The first-order chi connectivity index (χ1) is 15.1. The van der Waals surface area contributed by atoms with E-state index in [-0.39, 0.29) is 0 Å². The third kappa shape index (κ3) is 7.35. The number of hydrogen-bond acceptors (Lipinski definition) is 4. The van der Waals surface area contributed by atoms with Gasteiger partial charge >= 0.3 is 5.97 Å². The van der Waals surface area contributed by atoms with E-state index < -0.39 is 12.1 Å². The molecule has 0 saturated heterocycles. The van der Waals surface area contributed by atoms with Crippen LogP contribution in [0, 0.1) is 0 Å². The van der Waals surface area contributed by atoms with Crippen LogP contribution in [0.1, 0.15) is 12.0 Å². The largest absolute Gasteiger partial charge is 0.511 e. The lowest BCUT2D eigenvalue weighted by molar-refractivity contribution is 0.129. The minimum absolute atomic E-state index is 0.377. The van der Waals surface area contributed by atoms with E-state index in [1.54, 1.807) is 0 Å². The molecule has 0 fully saturated rings. The van der Waals surface area contributed by atoms with Crippen molar-refractivity contribution in [1.82, 2.24) is 0 Å². The van der Waals surface area contributed by atoms with Gasteiger partial charge < -0.3 is 28.8 Å². The van der Waals surface area contributed by atoms with Crippen molar-refractivity contribution in [2.24, 2.45) is 0 Å². The normalized spacial score (nSPS) is 11.5. The molecule has 0 unspecified atom stereocenters. The minimum Gasteiger partial charge on any atom is -0.493 e. The fourth-order valence-electron chi connectivity index (χ4n) is 2.88. The van der Waals surface area contributed by atoms with Gasteiger partial charge in [0.05, 0.1) is 13.2 Å². The van der Waals surface area contributed by atoms with E-state index in [1.165, 1.54) is 7.11 Å². The monoisotopic (exact) mass is 423 g/mol. The van der Waals surface area contributed by atoms with Gasteiger partial charge in [-0.05, 0) is 54.1 Å². The molecule has 6 nitrogen and oxygen atoms in total. The highest BCUT2D eigenvalue weighted by atomic mass is 16.5. The van der Waals surface area contributed by atoms with Gasteiger partial charge in [0.15, 0.2) is 0 Å². The first kappa shape index (κ1) is 22.2. The van der Waals surface area contributed by atoms with E-state index in [1.807, 2.05) is 78.9 Å². The van der Waals surface area contributed by atoms with Gasteiger partial charge in [-0.3, -0.25) is 0 Å². The Labute approximate surface area is 182 Å². The lowest BCUT2D eigenvalue weighted by Crippen LogP contribution is -2.25. The Hall–Kier alpha value is -3.51. The van der Waals surface area contributed by atoms with Gasteiger partial charge in [-0.2, -0.15) is 0 Å². The van der Waals surface area contributed by atoms with Gasteiger partial charge in [-0.15, -0.1) is 0 Å². The molecule has 0 aliphatic heterocycles. The average molecular weight is 423 g/mol. The van der Waals surface area contributed by atoms with E-state index >= 15 is 0 Å². The molecular weight excluding hydrogens is 396 g/mol. The standard InChI is InChI=1S/C25H26O6/c1-28-24(25(26)27)18-19-8-10-20(11-9-19)29-16-5-17-30-21-12-14-23(15-13-21)31-22-6-3-2-4-7-22/h2-4,6-15,24H,5,16-18H2,1H3,(H,26,27)/p+1/t24-/m0/s1. The van der Waals surface area contributed by atoms with Gasteiger partial charge in [-0.25, -0.2) is 0 Å². The molecule has 3 rings (SSSR count). The van der Waals surface area contributed by atoms with Crippen molar-refractivity contribution in [2.45, 2.75) is 18.9 Å². The molecule has 6 heteroatoms. The highest BCUT2D eigenvalue weighted by molar-refractivity contribution is 5.73. The van der Waals surface area contributed by atoms with Crippen LogP contribution in [-0.2, 0) is 11.2 Å². The Morgan fingerprint density at radius 1 is 0.774 bits per heavy atom. The number of carboxylic acids is 1. The molecule has 0 aromatic heterocycles. The molecule has 0 aliphatic carbocycles. The highest BCUT2D eigenvalue weighted by Gasteiger charge is 2.23. The molecule has 3 aromatic carbocycles. The van der Waals surface area contributed by atoms with E-state index in [2.05, 4.69) is 0 Å². The van der Waals surface area contributed by atoms with Crippen molar-refractivity contribution >= 4 is 5.97 Å². The molecule has 31 heavy (non-hydrogen) atoms. The van der Waals surface area contributed by atoms with Crippen LogP contribution >= 0.6 is 0 Å². The van der Waals surface area contributed by atoms with Gasteiger partial charge in [0.2, 0.25) is 6.10 Å². The summed E-state index contributed by atoms with van der Waals surface area (Å²) in [7, 11) is 1.43. The predicted molar refractivity (Wildman–Crippen MR) is 119 cm³/mol. The Morgan fingerprint density at radius 3 is 1.84 bits per heavy atom. The highest BCUT2D eigenvalue weighted by Crippen LogP contribution is 2.23. The first-order valence-corrected chi connectivity index (χ1v) is 10.1. The third-order valence-corrected chi connectivity index (χ3v) is 4.55. The number of ether oxygens (including phenoxy) is 4. The van der Waals surface area contributed by atoms with Gasteiger partial charge in [0, 0.05) is 20.0 Å². The zero-order valence-corrected chi connectivity index (χ0v) is 17.4. The molecule has 0 aliphatic rings. The molecule has 0 radical (unpaired) electrons. The molecule has 0 amide bonds. The lowest BCUT2D eigenvalue weighted by Gasteiger charge is -2.10. The predicted octanol–water partition coefficient (Wildman–Crippen LogP) is 4.94. The summed E-state index contributed by atoms with van der Waals surface area (Å²) < 4.78 is 22.3. The zero-order chi connectivity index (χ0) is 21.9. The Kier molecular flexibility index (Phi) is 8.31. The summed E-state index contributed by atoms with van der Waals surface area (Å²) in [5.41, 5.74) is 0.919. The summed E-state index contributed by atoms with van der Waals surface area (Å²) in [6.45, 7) is 1.07. The maximum absolute atomic E-state index is 9.16. The van der Waals surface area contributed by atoms with Crippen LogP contribution in [0.3, 0.4) is 0 Å². The zero-order valence-electron chi connectivity index (χ0n) is 17.4. The molecule has 162 valence electrons. The Bertz CT molecular complexity index is 922. The molecule has 2 N–H and O–H groups in total. The van der Waals surface area contributed by atoms with Gasteiger partial charge in [0.25, 0.3) is 0 Å². The average Bonchev–Trinajstić information content (AvgIpc) is 2.80. The fraction of sp³-hybridized carbons (Fsp3) is 0.240. The number of methoxy groups -OCH3 is 1. The smallest absolute Gasteiger partial charge is 0.493 e. The molecule has 0 bridgehead atoms. The molecule has 1 atom stereocenters. The van der Waals surface area contributed by atoms with Crippen molar-refractivity contribution in [3.63, 3.8) is 0 Å². The maximum Gasteiger partial charge on any atom is 0.511 e. The maximum atomic E-state index is 9.16. The minimum atomic E-state index is -0.733. The van der Waals surface area contributed by atoms with E-state index in [0.717, 1.165) is 35.0 Å². The van der Waals surface area contributed by atoms with Crippen molar-refractivity contribution in [3.05, 3.63) is 84.4 Å². The van der Waals surface area contributed by atoms with Crippen LogP contribution in [0.2, 0.25) is 0 Å². The number of carboxylic acid groups (broad SMARTS) is 1. The molecule has 0 saturated carbocycles. The van der Waals surface area contributed by atoms with Crippen LogP contribution in [0.4, 0.5) is 0 Å². The lowest BCUT2D eigenvalue weighted by atomic mass is 10.1. The number of hydrogen-bond donors (Lipinski definition) is 1. The van der Waals surface area contributed by atoms with Crippen LogP contribution in [-0.4, -0.2) is 42.3 Å². The van der Waals surface area contributed by atoms with Crippen molar-refractivity contribution in [1.29, 1.82) is 0 Å². The summed E-state index contributed by atoms with van der Waals surface area (Å²) in [6.07, 6.45) is 0.383. The molecule has 0 heterocycles. The van der Waals surface area contributed by atoms with Crippen LogP contribution < -0.4 is 14.2 Å². The third-order valence-electron chi connectivity index (χ3n) is 4.55. The molecule has 0 spiro atoms. The van der Waals surface area contributed by atoms with Gasteiger partial charge in [0.1, 0.15) is 23.0 Å². The number of benzene rings is 3. The number of para-hydroxylation sites is 1. The Morgan fingerprint density at radius 2 is 1.29 bits per heavy atom. The first-order valence-electron chi connectivity index (χ1n) is 10.1. The van der Waals surface area contributed by atoms with Crippen LogP contribution in [0.5, 0.6) is 23.0 Å². The second-order valence-corrected chi connectivity index (χ2v) is 6.87. The Balaban J connectivity index is 1.35. The van der Waals surface area contributed by atoms with E-state index in [9.17, 15) is 0 Å². The van der Waals surface area contributed by atoms with Crippen molar-refractivity contribution in [2.75, 3.05) is 20.3 Å². The quantitative estimate of drug-likeness (QED) is 0.330. The van der Waals surface area contributed by atoms with E-state index in [4.69, 9.17) is 28.8 Å². The van der Waals surface area contributed by atoms with E-state index in [0.29, 0.717) is 19.6 Å². The number of rotatable bonds is 12. The molecular formula is C25H27O6+. The summed E-state index contributed by atoms with van der Waals surface area (Å²) in [4.78, 5) is 9.16. The van der Waals surface area contributed by atoms with Crippen LogP contribution in [0.15, 0.2) is 78.9 Å². The van der Waals surface area contributed by atoms with Gasteiger partial charge in [-0.1, -0.05) is 30.3 Å². The van der Waals surface area contributed by atoms with Crippen molar-refractivity contribution in [3.8, 4) is 23.0 Å². The SMILES string of the molecule is CO[C@@H](Cc1ccc(OCCCOc2ccc(Oc3ccccc3)cc2)cc1)C(O)=[OH+]. The summed E-state index contributed by atoms with van der Waals surface area (Å²) in [5.74, 6) is 2.36. The fourth-order valence-corrected chi connectivity index (χ4v) is 2.88. The summed E-state index contributed by atoms with van der Waals surface area (Å²) in [6, 6.07) is 24.6. The summed E-state index contributed by atoms with van der Waals surface area (Å²) in [5, 5.41) is 9.16. The topological polar surface area (TPSA) is 78.6 Å². The number of aliphatic hydroxyl groups excluding tert-OH is 1. The second-order valence-electron chi connectivity index (χ2n) is 6.87. The second kappa shape index (κ2) is 11.6. The number of aliphatic carboxylic acids is 1. The summed E-state index contributed by atoms with van der Waals surface area (Å²) >= 11 is 0. The van der Waals surface area contributed by atoms with Crippen LogP contribution in [0.25, 0.3) is 0 Å². The van der Waals surface area contributed by atoms with Crippen molar-refractivity contribution < 1.29 is 28.8 Å².